The molecule has 0 bridgehead atoms. The molecule has 1 saturated carbocycles. The van der Waals surface area contributed by atoms with Crippen LogP contribution in [0.25, 0.3) is 0 Å². The van der Waals surface area contributed by atoms with Crippen LogP contribution in [0.3, 0.4) is 0 Å². The fraction of sp³-hybridized carbons (Fsp3) is 0.529. The van der Waals surface area contributed by atoms with Crippen LogP contribution in [0.15, 0.2) is 24.3 Å². The molecule has 1 heterocycles. The molecule has 114 valence electrons. The minimum atomic E-state index is 0.0768. The van der Waals surface area contributed by atoms with Crippen LogP contribution in [-0.2, 0) is 0 Å². The lowest BCUT2D eigenvalue weighted by Crippen LogP contribution is -2.49. The number of hydrogen-bond donors (Lipinski definition) is 0. The fourth-order valence-electron chi connectivity index (χ4n) is 2.62. The molecule has 1 aliphatic heterocycles. The second kappa shape index (κ2) is 7.36. The molecule has 3 rings (SSSR count). The van der Waals surface area contributed by atoms with Crippen LogP contribution < -0.4 is 0 Å². The number of amides is 1. The highest BCUT2D eigenvalue weighted by Crippen LogP contribution is 2.27. The van der Waals surface area contributed by atoms with Gasteiger partial charge in [-0.15, -0.1) is 0 Å². The third kappa shape index (κ3) is 3.91. The first-order valence-corrected chi connectivity index (χ1v) is 7.86. The molecule has 2 aliphatic rings. The number of carbonyl (C=O) groups is 2. The van der Waals surface area contributed by atoms with Crippen molar-refractivity contribution in [3.8, 4) is 0 Å². The Balaban J connectivity index is 0.000000774. The fourth-order valence-corrected chi connectivity index (χ4v) is 2.62. The predicted molar refractivity (Wildman–Crippen MR) is 83.7 cm³/mol. The zero-order valence-electron chi connectivity index (χ0n) is 12.9. The summed E-state index contributed by atoms with van der Waals surface area (Å²) in [5, 5.41) is 0. The molecule has 0 atom stereocenters. The van der Waals surface area contributed by atoms with Gasteiger partial charge >= 0.3 is 0 Å². The van der Waals surface area contributed by atoms with Gasteiger partial charge in [-0.05, 0) is 25.0 Å². The summed E-state index contributed by atoms with van der Waals surface area (Å²) in [4.78, 5) is 27.3. The van der Waals surface area contributed by atoms with E-state index in [-0.39, 0.29) is 5.91 Å². The maximum atomic E-state index is 12.3. The zero-order valence-corrected chi connectivity index (χ0v) is 12.9. The first-order valence-electron chi connectivity index (χ1n) is 7.86. The van der Waals surface area contributed by atoms with Crippen LogP contribution in [0.4, 0.5) is 0 Å². The molecular formula is C17H24N2O2. The highest BCUT2D eigenvalue weighted by molar-refractivity contribution is 5.95. The number of rotatable bonds is 3. The van der Waals surface area contributed by atoms with E-state index in [1.165, 1.54) is 12.8 Å². The smallest absolute Gasteiger partial charge is 0.253 e. The summed E-state index contributed by atoms with van der Waals surface area (Å²) in [5.74, 6) is 0.0768. The van der Waals surface area contributed by atoms with E-state index in [0.29, 0.717) is 11.1 Å². The quantitative estimate of drug-likeness (QED) is 0.802. The Kier molecular flexibility index (Phi) is 5.51. The van der Waals surface area contributed by atoms with Crippen molar-refractivity contribution in [3.63, 3.8) is 0 Å². The van der Waals surface area contributed by atoms with Crippen LogP contribution >= 0.6 is 0 Å². The minimum Gasteiger partial charge on any atom is -0.336 e. The molecule has 1 saturated heterocycles. The summed E-state index contributed by atoms with van der Waals surface area (Å²) in [6, 6.07) is 7.64. The average Bonchev–Trinajstić information content (AvgIpc) is 3.41. The first-order chi connectivity index (χ1) is 10.3. The number of piperazine rings is 1. The number of aldehydes is 1. The van der Waals surface area contributed by atoms with E-state index in [2.05, 4.69) is 4.90 Å². The van der Waals surface area contributed by atoms with Crippen molar-refractivity contribution in [2.45, 2.75) is 32.7 Å². The van der Waals surface area contributed by atoms with E-state index in [0.717, 1.165) is 38.5 Å². The Bertz CT molecular complexity index is 472. The van der Waals surface area contributed by atoms with E-state index in [1.807, 2.05) is 18.7 Å². The van der Waals surface area contributed by atoms with E-state index in [4.69, 9.17) is 0 Å². The molecule has 1 aromatic rings. The van der Waals surface area contributed by atoms with Crippen molar-refractivity contribution in [2.75, 3.05) is 26.2 Å². The van der Waals surface area contributed by atoms with Gasteiger partial charge in [-0.1, -0.05) is 26.0 Å². The summed E-state index contributed by atoms with van der Waals surface area (Å²) in [5.41, 5.74) is 1.28. The lowest BCUT2D eigenvalue weighted by atomic mass is 10.1. The van der Waals surface area contributed by atoms with Gasteiger partial charge in [0, 0.05) is 43.3 Å². The van der Waals surface area contributed by atoms with Crippen LogP contribution in [0, 0.1) is 0 Å². The average molecular weight is 288 g/mol. The van der Waals surface area contributed by atoms with Gasteiger partial charge < -0.3 is 4.90 Å². The topological polar surface area (TPSA) is 40.6 Å². The summed E-state index contributed by atoms with van der Waals surface area (Å²) in [7, 11) is 0. The van der Waals surface area contributed by atoms with E-state index in [9.17, 15) is 9.59 Å². The van der Waals surface area contributed by atoms with Crippen LogP contribution in [0.5, 0.6) is 0 Å². The lowest BCUT2D eigenvalue weighted by molar-refractivity contribution is 0.0627. The molecule has 0 N–H and O–H groups in total. The zero-order chi connectivity index (χ0) is 15.2. The Morgan fingerprint density at radius 3 is 2.10 bits per heavy atom. The highest BCUT2D eigenvalue weighted by atomic mass is 16.2. The summed E-state index contributed by atoms with van der Waals surface area (Å²) in [6.07, 6.45) is 3.44. The van der Waals surface area contributed by atoms with Crippen molar-refractivity contribution < 1.29 is 9.59 Å². The summed E-state index contributed by atoms with van der Waals surface area (Å²) >= 11 is 0. The van der Waals surface area contributed by atoms with Gasteiger partial charge in [-0.2, -0.15) is 0 Å². The Morgan fingerprint density at radius 1 is 1.05 bits per heavy atom. The van der Waals surface area contributed by atoms with Gasteiger partial charge in [0.25, 0.3) is 5.91 Å². The third-order valence-electron chi connectivity index (χ3n) is 3.96. The Hall–Kier alpha value is -1.68. The SMILES string of the molecule is CC.O=Cc1ccc(C(=O)N2CCN(C3CC3)CC2)cc1. The number of benzene rings is 1. The molecule has 0 unspecified atom stereocenters. The summed E-state index contributed by atoms with van der Waals surface area (Å²) < 4.78 is 0. The highest BCUT2D eigenvalue weighted by Gasteiger charge is 2.32. The maximum absolute atomic E-state index is 12.3. The van der Waals surface area contributed by atoms with E-state index >= 15 is 0 Å². The van der Waals surface area contributed by atoms with Crippen molar-refractivity contribution in [1.29, 1.82) is 0 Å². The Labute approximate surface area is 126 Å². The second-order valence-electron chi connectivity index (χ2n) is 5.30. The lowest BCUT2D eigenvalue weighted by Gasteiger charge is -2.34. The normalized spacial score (nSPS) is 18.7. The van der Waals surface area contributed by atoms with Crippen molar-refractivity contribution in [2.24, 2.45) is 0 Å². The molecule has 1 aromatic carbocycles. The molecule has 21 heavy (non-hydrogen) atoms. The van der Waals surface area contributed by atoms with E-state index < -0.39 is 0 Å². The molecule has 4 nitrogen and oxygen atoms in total. The molecular weight excluding hydrogens is 264 g/mol. The van der Waals surface area contributed by atoms with Crippen molar-refractivity contribution in [1.82, 2.24) is 9.80 Å². The third-order valence-corrected chi connectivity index (χ3v) is 3.96. The molecule has 0 aromatic heterocycles. The minimum absolute atomic E-state index is 0.0768. The molecule has 2 fully saturated rings. The van der Waals surface area contributed by atoms with Gasteiger partial charge in [0.2, 0.25) is 0 Å². The molecule has 4 heteroatoms. The van der Waals surface area contributed by atoms with Gasteiger partial charge in [0.1, 0.15) is 6.29 Å². The summed E-state index contributed by atoms with van der Waals surface area (Å²) in [6.45, 7) is 7.60. The standard InChI is InChI=1S/C15H18N2O2.C2H6/c18-11-12-1-3-13(4-2-12)15(19)17-9-7-16(8-10-17)14-5-6-14;1-2/h1-4,11,14H,5-10H2;1-2H3. The number of nitrogens with zero attached hydrogens (tertiary/aromatic N) is 2. The second-order valence-corrected chi connectivity index (χ2v) is 5.30. The van der Waals surface area contributed by atoms with Crippen LogP contribution in [0.2, 0.25) is 0 Å². The largest absolute Gasteiger partial charge is 0.336 e. The van der Waals surface area contributed by atoms with Gasteiger partial charge in [0.15, 0.2) is 0 Å². The monoisotopic (exact) mass is 288 g/mol. The molecule has 1 aliphatic carbocycles. The first kappa shape index (κ1) is 15.7. The van der Waals surface area contributed by atoms with Gasteiger partial charge in [-0.3, -0.25) is 14.5 Å². The number of carbonyl (C=O) groups excluding carboxylic acids is 2. The van der Waals surface area contributed by atoms with Gasteiger partial charge in [0.05, 0.1) is 0 Å². The van der Waals surface area contributed by atoms with Crippen LogP contribution in [-0.4, -0.2) is 54.2 Å². The number of hydrogen-bond acceptors (Lipinski definition) is 3. The predicted octanol–water partition coefficient (Wildman–Crippen LogP) is 2.45. The van der Waals surface area contributed by atoms with Crippen molar-refractivity contribution in [3.05, 3.63) is 35.4 Å². The van der Waals surface area contributed by atoms with Crippen molar-refractivity contribution >= 4 is 12.2 Å². The maximum Gasteiger partial charge on any atom is 0.253 e. The molecule has 0 radical (unpaired) electrons. The molecule has 1 amide bonds. The van der Waals surface area contributed by atoms with E-state index in [1.54, 1.807) is 24.3 Å². The van der Waals surface area contributed by atoms with Gasteiger partial charge in [-0.25, -0.2) is 0 Å². The van der Waals surface area contributed by atoms with Crippen LogP contribution in [0.1, 0.15) is 47.4 Å². The Morgan fingerprint density at radius 2 is 1.62 bits per heavy atom. The molecule has 0 spiro atoms.